The second-order valence-electron chi connectivity index (χ2n) is 7.44. The number of benzene rings is 3. The van der Waals surface area contributed by atoms with E-state index in [9.17, 15) is 4.79 Å². The van der Waals surface area contributed by atoms with Crippen LogP contribution in [0.2, 0.25) is 0 Å². The van der Waals surface area contributed by atoms with Crippen molar-refractivity contribution in [1.29, 1.82) is 0 Å². The molecular weight excluding hydrogens is 392 g/mol. The summed E-state index contributed by atoms with van der Waals surface area (Å²) in [6.07, 6.45) is 0. The molecule has 0 unspecified atom stereocenters. The standard InChI is InChI=1S/C25H24N2O2S/c1-17-8-7-11-21(14-17)29-16-22(28)27(15-20-9-5-4-6-10-20)25-26-23-18(2)12-13-19(3)24(23)30-25/h4-14H,15-16H2,1-3H3. The smallest absolute Gasteiger partial charge is 0.267 e. The molecule has 1 heterocycles. The molecule has 0 atom stereocenters. The Morgan fingerprint density at radius 2 is 1.73 bits per heavy atom. The minimum Gasteiger partial charge on any atom is -0.484 e. The first-order valence-electron chi connectivity index (χ1n) is 9.92. The maximum atomic E-state index is 13.2. The summed E-state index contributed by atoms with van der Waals surface area (Å²) in [4.78, 5) is 19.8. The SMILES string of the molecule is Cc1cccc(OCC(=O)N(Cc2ccccc2)c2nc3c(C)ccc(C)c3s2)c1. The van der Waals surface area contributed by atoms with Gasteiger partial charge in [-0.3, -0.25) is 9.69 Å². The number of amides is 1. The highest BCUT2D eigenvalue weighted by atomic mass is 32.1. The molecule has 30 heavy (non-hydrogen) atoms. The number of rotatable bonds is 6. The summed E-state index contributed by atoms with van der Waals surface area (Å²) in [5, 5.41) is 0.698. The van der Waals surface area contributed by atoms with E-state index in [0.29, 0.717) is 17.4 Å². The summed E-state index contributed by atoms with van der Waals surface area (Å²) in [5.74, 6) is 0.578. The molecule has 0 saturated heterocycles. The zero-order valence-corrected chi connectivity index (χ0v) is 18.2. The van der Waals surface area contributed by atoms with E-state index >= 15 is 0 Å². The Labute approximate surface area is 180 Å². The third-order valence-electron chi connectivity index (χ3n) is 5.00. The Bertz CT molecular complexity index is 1150. The first-order valence-corrected chi connectivity index (χ1v) is 10.7. The van der Waals surface area contributed by atoms with E-state index in [1.165, 1.54) is 5.56 Å². The van der Waals surface area contributed by atoms with E-state index in [1.807, 2.05) is 61.5 Å². The van der Waals surface area contributed by atoms with E-state index in [4.69, 9.17) is 9.72 Å². The molecule has 1 amide bonds. The number of carbonyl (C=O) groups excluding carboxylic acids is 1. The third kappa shape index (κ3) is 4.36. The van der Waals surface area contributed by atoms with E-state index in [2.05, 4.69) is 26.0 Å². The van der Waals surface area contributed by atoms with Gasteiger partial charge in [-0.2, -0.15) is 0 Å². The molecule has 0 spiro atoms. The van der Waals surface area contributed by atoms with Gasteiger partial charge in [0.2, 0.25) is 0 Å². The number of aromatic nitrogens is 1. The summed E-state index contributed by atoms with van der Waals surface area (Å²) < 4.78 is 6.92. The second kappa shape index (κ2) is 8.67. The number of hydrogen-bond acceptors (Lipinski definition) is 4. The van der Waals surface area contributed by atoms with Crippen LogP contribution in [0.15, 0.2) is 66.7 Å². The molecule has 4 rings (SSSR count). The lowest BCUT2D eigenvalue weighted by Gasteiger charge is -2.20. The predicted molar refractivity (Wildman–Crippen MR) is 123 cm³/mol. The fraction of sp³-hybridized carbons (Fsp3) is 0.200. The largest absolute Gasteiger partial charge is 0.484 e. The van der Waals surface area contributed by atoms with Gasteiger partial charge in [-0.05, 0) is 55.2 Å². The van der Waals surface area contributed by atoms with Gasteiger partial charge in [0, 0.05) is 0 Å². The van der Waals surface area contributed by atoms with Crippen molar-refractivity contribution < 1.29 is 9.53 Å². The van der Waals surface area contributed by atoms with Gasteiger partial charge in [0.25, 0.3) is 5.91 Å². The highest BCUT2D eigenvalue weighted by Gasteiger charge is 2.22. The first-order chi connectivity index (χ1) is 14.5. The molecule has 0 aliphatic heterocycles. The van der Waals surface area contributed by atoms with Crippen molar-refractivity contribution in [1.82, 2.24) is 4.98 Å². The van der Waals surface area contributed by atoms with E-state index in [-0.39, 0.29) is 12.5 Å². The molecule has 152 valence electrons. The minimum absolute atomic E-state index is 0.0375. The van der Waals surface area contributed by atoms with Crippen molar-refractivity contribution in [3.8, 4) is 5.75 Å². The number of fused-ring (bicyclic) bond motifs is 1. The predicted octanol–water partition coefficient (Wildman–Crippen LogP) is 5.83. The van der Waals surface area contributed by atoms with Crippen molar-refractivity contribution in [3.05, 3.63) is 89.0 Å². The maximum Gasteiger partial charge on any atom is 0.267 e. The molecule has 0 aliphatic rings. The monoisotopic (exact) mass is 416 g/mol. The van der Waals surface area contributed by atoms with Crippen LogP contribution >= 0.6 is 11.3 Å². The molecule has 5 heteroatoms. The Morgan fingerprint density at radius 1 is 0.967 bits per heavy atom. The van der Waals surface area contributed by atoms with Gasteiger partial charge < -0.3 is 4.74 Å². The molecule has 0 aliphatic carbocycles. The number of anilines is 1. The van der Waals surface area contributed by atoms with Crippen molar-refractivity contribution in [2.24, 2.45) is 0 Å². The summed E-state index contributed by atoms with van der Waals surface area (Å²) in [6, 6.07) is 21.9. The highest BCUT2D eigenvalue weighted by molar-refractivity contribution is 7.22. The van der Waals surface area contributed by atoms with Crippen LogP contribution in [-0.4, -0.2) is 17.5 Å². The van der Waals surface area contributed by atoms with Gasteiger partial charge in [0.05, 0.1) is 16.8 Å². The van der Waals surface area contributed by atoms with Crippen molar-refractivity contribution in [2.45, 2.75) is 27.3 Å². The average Bonchev–Trinajstić information content (AvgIpc) is 3.20. The molecule has 0 saturated carbocycles. The summed E-state index contributed by atoms with van der Waals surface area (Å²) in [6.45, 7) is 6.55. The van der Waals surface area contributed by atoms with Gasteiger partial charge in [-0.15, -0.1) is 0 Å². The third-order valence-corrected chi connectivity index (χ3v) is 6.21. The van der Waals surface area contributed by atoms with Crippen LogP contribution < -0.4 is 9.64 Å². The Hall–Kier alpha value is -3.18. The number of hydrogen-bond donors (Lipinski definition) is 0. The normalized spacial score (nSPS) is 10.9. The zero-order chi connectivity index (χ0) is 21.1. The van der Waals surface area contributed by atoms with Gasteiger partial charge >= 0.3 is 0 Å². The van der Waals surface area contributed by atoms with Crippen molar-refractivity contribution in [2.75, 3.05) is 11.5 Å². The maximum absolute atomic E-state index is 13.2. The lowest BCUT2D eigenvalue weighted by molar-refractivity contribution is -0.120. The molecule has 4 nitrogen and oxygen atoms in total. The molecule has 0 fully saturated rings. The van der Waals surface area contributed by atoms with E-state index in [1.54, 1.807) is 16.2 Å². The molecule has 0 radical (unpaired) electrons. The second-order valence-corrected chi connectivity index (χ2v) is 8.42. The van der Waals surface area contributed by atoms with Crippen LogP contribution in [0.1, 0.15) is 22.3 Å². The summed E-state index contributed by atoms with van der Waals surface area (Å²) >= 11 is 1.56. The summed E-state index contributed by atoms with van der Waals surface area (Å²) in [5.41, 5.74) is 5.39. The van der Waals surface area contributed by atoms with E-state index < -0.39 is 0 Å². The Balaban J connectivity index is 1.65. The Kier molecular flexibility index (Phi) is 5.81. The van der Waals surface area contributed by atoms with Crippen molar-refractivity contribution >= 4 is 32.6 Å². The first kappa shape index (κ1) is 20.1. The minimum atomic E-state index is -0.116. The molecule has 0 bridgehead atoms. The summed E-state index contributed by atoms with van der Waals surface area (Å²) in [7, 11) is 0. The van der Waals surface area contributed by atoms with Gasteiger partial charge in [0.15, 0.2) is 11.7 Å². The van der Waals surface area contributed by atoms with E-state index in [0.717, 1.165) is 26.9 Å². The van der Waals surface area contributed by atoms with Crippen LogP contribution in [0.25, 0.3) is 10.2 Å². The number of aryl methyl sites for hydroxylation is 3. The molecular formula is C25H24N2O2S. The van der Waals surface area contributed by atoms with Crippen LogP contribution in [-0.2, 0) is 11.3 Å². The lowest BCUT2D eigenvalue weighted by Crippen LogP contribution is -2.34. The topological polar surface area (TPSA) is 42.4 Å². The molecule has 4 aromatic rings. The number of thiazole rings is 1. The average molecular weight is 417 g/mol. The van der Waals surface area contributed by atoms with Gasteiger partial charge in [-0.1, -0.05) is 65.9 Å². The number of carbonyl (C=O) groups is 1. The molecule has 0 N–H and O–H groups in total. The lowest BCUT2D eigenvalue weighted by atomic mass is 10.1. The quantitative estimate of drug-likeness (QED) is 0.397. The van der Waals surface area contributed by atoms with Crippen LogP contribution in [0.5, 0.6) is 5.75 Å². The highest BCUT2D eigenvalue weighted by Crippen LogP contribution is 2.34. The van der Waals surface area contributed by atoms with Gasteiger partial charge in [0.1, 0.15) is 5.75 Å². The van der Waals surface area contributed by atoms with Gasteiger partial charge in [-0.25, -0.2) is 4.98 Å². The van der Waals surface area contributed by atoms with Crippen LogP contribution in [0.3, 0.4) is 0 Å². The fourth-order valence-corrected chi connectivity index (χ4v) is 4.45. The number of ether oxygens (including phenoxy) is 1. The van der Waals surface area contributed by atoms with Crippen molar-refractivity contribution in [3.63, 3.8) is 0 Å². The number of nitrogens with zero attached hydrogens (tertiary/aromatic N) is 2. The van der Waals surface area contributed by atoms with Crippen LogP contribution in [0, 0.1) is 20.8 Å². The molecule has 1 aromatic heterocycles. The Morgan fingerprint density at radius 3 is 2.47 bits per heavy atom. The molecule has 3 aromatic carbocycles. The zero-order valence-electron chi connectivity index (χ0n) is 17.4. The van der Waals surface area contributed by atoms with Crippen LogP contribution in [0.4, 0.5) is 5.13 Å². The fourth-order valence-electron chi connectivity index (χ4n) is 3.32.